The third-order valence-electron chi connectivity index (χ3n) is 3.85. The second-order valence-corrected chi connectivity index (χ2v) is 6.44. The molecule has 0 spiro atoms. The smallest absolute Gasteiger partial charge is 0.224 e. The minimum absolute atomic E-state index is 0. The molecule has 0 atom stereocenters. The van der Waals surface area contributed by atoms with Crippen molar-refractivity contribution in [2.75, 3.05) is 31.6 Å². The molecule has 1 aromatic rings. The fourth-order valence-corrected chi connectivity index (χ4v) is 2.44. The van der Waals surface area contributed by atoms with E-state index in [1.807, 2.05) is 31.2 Å². The summed E-state index contributed by atoms with van der Waals surface area (Å²) in [5.74, 6) is 0.848. The van der Waals surface area contributed by atoms with E-state index in [0.717, 1.165) is 62.8 Å². The molecule has 3 N–H and O–H groups in total. The van der Waals surface area contributed by atoms with Crippen LogP contribution in [-0.4, -0.2) is 38.2 Å². The first-order valence-corrected chi connectivity index (χ1v) is 10.2. The summed E-state index contributed by atoms with van der Waals surface area (Å²) in [5.41, 5.74) is 1.88. The average molecular weight is 504 g/mol. The minimum Gasteiger partial charge on any atom is -0.381 e. The van der Waals surface area contributed by atoms with Gasteiger partial charge in [-0.2, -0.15) is 0 Å². The highest BCUT2D eigenvalue weighted by molar-refractivity contribution is 14.0. The Morgan fingerprint density at radius 3 is 2.57 bits per heavy atom. The number of hydrogen-bond acceptors (Lipinski definition) is 3. The number of carbonyl (C=O) groups is 1. The molecule has 1 amide bonds. The van der Waals surface area contributed by atoms with Crippen LogP contribution in [0.4, 0.5) is 5.69 Å². The van der Waals surface area contributed by atoms with E-state index < -0.39 is 0 Å². The monoisotopic (exact) mass is 504 g/mol. The fourth-order valence-electron chi connectivity index (χ4n) is 2.44. The number of amides is 1. The Labute approximate surface area is 187 Å². The number of benzene rings is 1. The molecular formula is C21H37IN4O2. The Kier molecular flexibility index (Phi) is 16.9. The van der Waals surface area contributed by atoms with Crippen LogP contribution in [0.15, 0.2) is 29.3 Å². The van der Waals surface area contributed by atoms with Gasteiger partial charge < -0.3 is 20.7 Å². The molecule has 0 bridgehead atoms. The quantitative estimate of drug-likeness (QED) is 0.162. The van der Waals surface area contributed by atoms with Crippen molar-refractivity contribution < 1.29 is 9.53 Å². The van der Waals surface area contributed by atoms with E-state index in [4.69, 9.17) is 4.74 Å². The Morgan fingerprint density at radius 2 is 1.86 bits per heavy atom. The van der Waals surface area contributed by atoms with E-state index in [0.29, 0.717) is 13.0 Å². The van der Waals surface area contributed by atoms with Crippen LogP contribution in [0.5, 0.6) is 0 Å². The fraction of sp³-hybridized carbons (Fsp3) is 0.619. The van der Waals surface area contributed by atoms with Gasteiger partial charge in [0, 0.05) is 38.4 Å². The summed E-state index contributed by atoms with van der Waals surface area (Å²) in [6.45, 7) is 10.0. The second kappa shape index (κ2) is 17.7. The van der Waals surface area contributed by atoms with E-state index >= 15 is 0 Å². The number of carbonyl (C=O) groups excluding carboxylic acids is 1. The van der Waals surface area contributed by atoms with Crippen LogP contribution in [0.1, 0.15) is 58.4 Å². The predicted octanol–water partition coefficient (Wildman–Crippen LogP) is 4.31. The summed E-state index contributed by atoms with van der Waals surface area (Å²) >= 11 is 0. The number of unbranched alkanes of at least 4 members (excludes halogenated alkanes) is 1. The number of aliphatic imine (C=N–C) groups is 1. The predicted molar refractivity (Wildman–Crippen MR) is 129 cm³/mol. The van der Waals surface area contributed by atoms with Crippen molar-refractivity contribution in [1.29, 1.82) is 0 Å². The Morgan fingerprint density at radius 1 is 1.07 bits per heavy atom. The van der Waals surface area contributed by atoms with Gasteiger partial charge in [0.15, 0.2) is 5.96 Å². The molecule has 1 rings (SSSR count). The maximum absolute atomic E-state index is 11.7. The Hall–Kier alpha value is -1.35. The van der Waals surface area contributed by atoms with E-state index in [2.05, 4.69) is 34.8 Å². The maximum Gasteiger partial charge on any atom is 0.224 e. The standard InChI is InChI=1S/C21H36N4O2.HI/c1-4-7-14-27-15-9-13-23-21(22-6-3)24-17-18-11-8-12-19(16-18)25-20(26)10-5-2;/h8,11-12,16H,4-7,9-10,13-15,17H2,1-3H3,(H,25,26)(H2,22,23,24);1H. The Bertz CT molecular complexity index is 567. The molecule has 0 aromatic heterocycles. The number of nitrogens with zero attached hydrogens (tertiary/aromatic N) is 1. The van der Waals surface area contributed by atoms with Crippen molar-refractivity contribution in [3.63, 3.8) is 0 Å². The average Bonchev–Trinajstić information content (AvgIpc) is 2.65. The summed E-state index contributed by atoms with van der Waals surface area (Å²) in [7, 11) is 0. The molecule has 1 aromatic carbocycles. The number of nitrogens with one attached hydrogen (secondary N) is 3. The summed E-state index contributed by atoms with van der Waals surface area (Å²) in [4.78, 5) is 16.4. The molecule has 0 saturated carbocycles. The number of hydrogen-bond donors (Lipinski definition) is 3. The SMILES string of the molecule is CCCCOCCCNC(=NCc1cccc(NC(=O)CCC)c1)NCC.I. The summed E-state index contributed by atoms with van der Waals surface area (Å²) < 4.78 is 5.57. The van der Waals surface area contributed by atoms with Gasteiger partial charge in [0.1, 0.15) is 0 Å². The minimum atomic E-state index is 0. The maximum atomic E-state index is 11.7. The first-order valence-electron chi connectivity index (χ1n) is 10.2. The van der Waals surface area contributed by atoms with Gasteiger partial charge in [0.05, 0.1) is 6.54 Å². The van der Waals surface area contributed by atoms with Gasteiger partial charge >= 0.3 is 0 Å². The van der Waals surface area contributed by atoms with E-state index in [9.17, 15) is 4.79 Å². The number of anilines is 1. The van der Waals surface area contributed by atoms with Crippen molar-refractivity contribution in [1.82, 2.24) is 10.6 Å². The van der Waals surface area contributed by atoms with Crippen LogP contribution in [-0.2, 0) is 16.1 Å². The number of guanidine groups is 1. The lowest BCUT2D eigenvalue weighted by molar-refractivity contribution is -0.116. The molecule has 0 radical (unpaired) electrons. The summed E-state index contributed by atoms with van der Waals surface area (Å²) in [6.07, 6.45) is 4.62. The first kappa shape index (κ1) is 26.6. The van der Waals surface area contributed by atoms with E-state index in [1.54, 1.807) is 0 Å². The normalized spacial score (nSPS) is 10.9. The molecule has 0 heterocycles. The van der Waals surface area contributed by atoms with Gasteiger partial charge in [-0.15, -0.1) is 24.0 Å². The molecule has 0 aliphatic heterocycles. The number of rotatable bonds is 13. The van der Waals surface area contributed by atoms with Gasteiger partial charge in [-0.25, -0.2) is 4.99 Å². The van der Waals surface area contributed by atoms with Crippen LogP contribution in [0.25, 0.3) is 0 Å². The highest BCUT2D eigenvalue weighted by atomic mass is 127. The zero-order valence-corrected chi connectivity index (χ0v) is 19.9. The zero-order chi connectivity index (χ0) is 19.7. The highest BCUT2D eigenvalue weighted by Crippen LogP contribution is 2.12. The van der Waals surface area contributed by atoms with Gasteiger partial charge in [-0.1, -0.05) is 32.4 Å². The Balaban J connectivity index is 0.00000729. The van der Waals surface area contributed by atoms with Crippen LogP contribution in [0, 0.1) is 0 Å². The third kappa shape index (κ3) is 12.9. The summed E-state index contributed by atoms with van der Waals surface area (Å²) in [6, 6.07) is 7.84. The zero-order valence-electron chi connectivity index (χ0n) is 17.6. The lowest BCUT2D eigenvalue weighted by atomic mass is 10.2. The molecule has 160 valence electrons. The van der Waals surface area contributed by atoms with Gasteiger partial charge in [0.2, 0.25) is 5.91 Å². The van der Waals surface area contributed by atoms with Gasteiger partial charge in [-0.05, 0) is 43.9 Å². The second-order valence-electron chi connectivity index (χ2n) is 6.44. The summed E-state index contributed by atoms with van der Waals surface area (Å²) in [5, 5.41) is 9.52. The molecule has 0 fully saturated rings. The number of halogens is 1. The molecule has 0 unspecified atom stereocenters. The van der Waals surface area contributed by atoms with E-state index in [-0.39, 0.29) is 29.9 Å². The molecule has 6 nitrogen and oxygen atoms in total. The van der Waals surface area contributed by atoms with Crippen LogP contribution in [0.2, 0.25) is 0 Å². The highest BCUT2D eigenvalue weighted by Gasteiger charge is 2.02. The van der Waals surface area contributed by atoms with Crippen LogP contribution >= 0.6 is 24.0 Å². The lowest BCUT2D eigenvalue weighted by Gasteiger charge is -2.12. The van der Waals surface area contributed by atoms with Crippen LogP contribution in [0.3, 0.4) is 0 Å². The van der Waals surface area contributed by atoms with Crippen LogP contribution < -0.4 is 16.0 Å². The molecule has 28 heavy (non-hydrogen) atoms. The van der Waals surface area contributed by atoms with Crippen molar-refractivity contribution >= 4 is 41.5 Å². The number of ether oxygens (including phenoxy) is 1. The molecular weight excluding hydrogens is 467 g/mol. The third-order valence-corrected chi connectivity index (χ3v) is 3.85. The first-order chi connectivity index (χ1) is 13.2. The lowest BCUT2D eigenvalue weighted by Crippen LogP contribution is -2.38. The molecule has 7 heteroatoms. The van der Waals surface area contributed by atoms with Gasteiger partial charge in [-0.3, -0.25) is 4.79 Å². The topological polar surface area (TPSA) is 74.8 Å². The molecule has 0 aliphatic carbocycles. The molecule has 0 saturated heterocycles. The molecule has 0 aliphatic rings. The largest absolute Gasteiger partial charge is 0.381 e. The van der Waals surface area contributed by atoms with Crippen molar-refractivity contribution in [2.24, 2.45) is 4.99 Å². The van der Waals surface area contributed by atoms with Crippen molar-refractivity contribution in [3.05, 3.63) is 29.8 Å². The van der Waals surface area contributed by atoms with Gasteiger partial charge in [0.25, 0.3) is 0 Å². The van der Waals surface area contributed by atoms with Crippen molar-refractivity contribution in [2.45, 2.75) is 59.4 Å². The van der Waals surface area contributed by atoms with E-state index in [1.165, 1.54) is 6.42 Å². The van der Waals surface area contributed by atoms with Crippen molar-refractivity contribution in [3.8, 4) is 0 Å².